The SMILES string of the molecule is CN(C)c1nc(N)nc(N(C)N)n1. The van der Waals surface area contributed by atoms with Crippen molar-refractivity contribution < 1.29 is 0 Å². The van der Waals surface area contributed by atoms with Gasteiger partial charge in [0.2, 0.25) is 17.8 Å². The van der Waals surface area contributed by atoms with Gasteiger partial charge in [0.25, 0.3) is 0 Å². The van der Waals surface area contributed by atoms with E-state index < -0.39 is 0 Å². The van der Waals surface area contributed by atoms with Gasteiger partial charge in [-0.3, -0.25) is 5.01 Å². The van der Waals surface area contributed by atoms with Gasteiger partial charge in [0.15, 0.2) is 0 Å². The molecule has 0 aliphatic heterocycles. The summed E-state index contributed by atoms with van der Waals surface area (Å²) in [5.74, 6) is 6.45. The first-order valence-corrected chi connectivity index (χ1v) is 3.68. The standard InChI is InChI=1S/C6H13N7/c1-12(2)5-9-4(7)10-6(11-5)13(3)8/h8H2,1-3H3,(H2,7,9,10,11). The van der Waals surface area contributed by atoms with Gasteiger partial charge in [0.1, 0.15) is 0 Å². The highest BCUT2D eigenvalue weighted by molar-refractivity contribution is 5.41. The second-order valence-electron chi connectivity index (χ2n) is 2.80. The van der Waals surface area contributed by atoms with Crippen LogP contribution in [0.2, 0.25) is 0 Å². The topological polar surface area (TPSA) is 97.2 Å². The van der Waals surface area contributed by atoms with Crippen molar-refractivity contribution in [3.05, 3.63) is 0 Å². The summed E-state index contributed by atoms with van der Waals surface area (Å²) in [6.07, 6.45) is 0. The van der Waals surface area contributed by atoms with E-state index in [1.54, 1.807) is 11.9 Å². The maximum Gasteiger partial charge on any atom is 0.246 e. The van der Waals surface area contributed by atoms with Gasteiger partial charge in [-0.2, -0.15) is 15.0 Å². The van der Waals surface area contributed by atoms with Crippen LogP contribution in [-0.2, 0) is 0 Å². The molecule has 0 saturated carbocycles. The van der Waals surface area contributed by atoms with E-state index in [4.69, 9.17) is 11.6 Å². The van der Waals surface area contributed by atoms with Crippen molar-refractivity contribution in [1.82, 2.24) is 15.0 Å². The third kappa shape index (κ3) is 2.15. The van der Waals surface area contributed by atoms with E-state index in [9.17, 15) is 0 Å². The minimum absolute atomic E-state index is 0.158. The van der Waals surface area contributed by atoms with Crippen molar-refractivity contribution in [2.75, 3.05) is 36.8 Å². The maximum absolute atomic E-state index is 5.46. The largest absolute Gasteiger partial charge is 0.368 e. The van der Waals surface area contributed by atoms with E-state index in [1.165, 1.54) is 5.01 Å². The second-order valence-corrected chi connectivity index (χ2v) is 2.80. The molecule has 0 aromatic carbocycles. The average Bonchev–Trinajstić information content (AvgIpc) is 2.03. The predicted octanol–water partition coefficient (Wildman–Crippen LogP) is -1.17. The van der Waals surface area contributed by atoms with Gasteiger partial charge in [-0.25, -0.2) is 5.84 Å². The Morgan fingerprint density at radius 2 is 1.54 bits per heavy atom. The Bertz CT molecular complexity index is 269. The van der Waals surface area contributed by atoms with Crippen LogP contribution in [-0.4, -0.2) is 36.1 Å². The molecule has 0 aliphatic carbocycles. The van der Waals surface area contributed by atoms with Crippen molar-refractivity contribution in [1.29, 1.82) is 0 Å². The van der Waals surface area contributed by atoms with Crippen LogP contribution in [0, 0.1) is 0 Å². The molecule has 1 aromatic heterocycles. The number of hydrogen-bond donors (Lipinski definition) is 2. The third-order valence-electron chi connectivity index (χ3n) is 1.34. The Morgan fingerprint density at radius 1 is 1.00 bits per heavy atom. The molecule has 13 heavy (non-hydrogen) atoms. The second kappa shape index (κ2) is 3.40. The Kier molecular flexibility index (Phi) is 2.47. The predicted molar refractivity (Wildman–Crippen MR) is 51.2 cm³/mol. The van der Waals surface area contributed by atoms with E-state index >= 15 is 0 Å². The molecule has 0 saturated heterocycles. The molecule has 1 aromatic rings. The van der Waals surface area contributed by atoms with Crippen LogP contribution >= 0.6 is 0 Å². The van der Waals surface area contributed by atoms with Crippen molar-refractivity contribution in [3.8, 4) is 0 Å². The fourth-order valence-corrected chi connectivity index (χ4v) is 0.727. The molecule has 0 aliphatic rings. The smallest absolute Gasteiger partial charge is 0.246 e. The molecule has 0 radical (unpaired) electrons. The molecule has 0 bridgehead atoms. The molecule has 1 rings (SSSR count). The summed E-state index contributed by atoms with van der Waals surface area (Å²) in [6, 6.07) is 0. The Balaban J connectivity index is 3.11. The lowest BCUT2D eigenvalue weighted by atomic mass is 10.7. The van der Waals surface area contributed by atoms with Crippen LogP contribution in [0.15, 0.2) is 0 Å². The van der Waals surface area contributed by atoms with Gasteiger partial charge in [-0.1, -0.05) is 0 Å². The number of nitrogen functional groups attached to an aromatic ring is 1. The van der Waals surface area contributed by atoms with Crippen molar-refractivity contribution in [2.45, 2.75) is 0 Å². The fourth-order valence-electron chi connectivity index (χ4n) is 0.727. The highest BCUT2D eigenvalue weighted by atomic mass is 15.5. The van der Waals surface area contributed by atoms with E-state index in [0.29, 0.717) is 11.9 Å². The number of anilines is 3. The summed E-state index contributed by atoms with van der Waals surface area (Å²) >= 11 is 0. The first kappa shape index (κ1) is 9.46. The zero-order valence-corrected chi connectivity index (χ0v) is 7.89. The van der Waals surface area contributed by atoms with Crippen molar-refractivity contribution >= 4 is 17.8 Å². The van der Waals surface area contributed by atoms with Crippen LogP contribution in [0.25, 0.3) is 0 Å². The number of hydrazine groups is 1. The Hall–Kier alpha value is -1.63. The molecule has 0 spiro atoms. The average molecular weight is 183 g/mol. The van der Waals surface area contributed by atoms with E-state index in [-0.39, 0.29) is 5.95 Å². The molecule has 0 amide bonds. The summed E-state index contributed by atoms with van der Waals surface area (Å²) < 4.78 is 0. The minimum Gasteiger partial charge on any atom is -0.368 e. The molecule has 0 fully saturated rings. The zero-order valence-electron chi connectivity index (χ0n) is 7.89. The first-order chi connectivity index (χ1) is 6.00. The normalized spacial score (nSPS) is 9.85. The van der Waals surface area contributed by atoms with Crippen LogP contribution in [0.4, 0.5) is 17.8 Å². The molecule has 7 nitrogen and oxygen atoms in total. The van der Waals surface area contributed by atoms with E-state index in [2.05, 4.69) is 15.0 Å². The summed E-state index contributed by atoms with van der Waals surface area (Å²) in [7, 11) is 5.26. The van der Waals surface area contributed by atoms with Crippen LogP contribution in [0.1, 0.15) is 0 Å². The summed E-state index contributed by atoms with van der Waals surface area (Å²) in [5.41, 5.74) is 5.46. The molecule has 4 N–H and O–H groups in total. The lowest BCUT2D eigenvalue weighted by Gasteiger charge is -2.14. The van der Waals surface area contributed by atoms with Gasteiger partial charge in [-0.15, -0.1) is 0 Å². The molecular weight excluding hydrogens is 170 g/mol. The molecule has 1 heterocycles. The molecule has 0 unspecified atom stereocenters. The number of nitrogens with zero attached hydrogens (tertiary/aromatic N) is 5. The monoisotopic (exact) mass is 183 g/mol. The van der Waals surface area contributed by atoms with Gasteiger partial charge in [-0.05, 0) is 0 Å². The van der Waals surface area contributed by atoms with Gasteiger partial charge >= 0.3 is 0 Å². The Labute approximate surface area is 76.4 Å². The summed E-state index contributed by atoms with van der Waals surface area (Å²) in [5, 5.41) is 1.28. The van der Waals surface area contributed by atoms with Crippen LogP contribution < -0.4 is 21.5 Å². The number of aromatic nitrogens is 3. The molecule has 7 heteroatoms. The highest BCUT2D eigenvalue weighted by Gasteiger charge is 2.06. The van der Waals surface area contributed by atoms with Crippen LogP contribution in [0.5, 0.6) is 0 Å². The highest BCUT2D eigenvalue weighted by Crippen LogP contribution is 2.09. The van der Waals surface area contributed by atoms with Gasteiger partial charge in [0.05, 0.1) is 0 Å². The van der Waals surface area contributed by atoms with Crippen molar-refractivity contribution in [2.24, 2.45) is 5.84 Å². The lowest BCUT2D eigenvalue weighted by Crippen LogP contribution is -2.28. The number of nitrogens with two attached hydrogens (primary N) is 2. The summed E-state index contributed by atoms with van der Waals surface area (Å²) in [4.78, 5) is 13.5. The van der Waals surface area contributed by atoms with Crippen LogP contribution in [0.3, 0.4) is 0 Å². The van der Waals surface area contributed by atoms with Gasteiger partial charge < -0.3 is 10.6 Å². The first-order valence-electron chi connectivity index (χ1n) is 3.68. The third-order valence-corrected chi connectivity index (χ3v) is 1.34. The zero-order chi connectivity index (χ0) is 10.0. The maximum atomic E-state index is 5.46. The lowest BCUT2D eigenvalue weighted by molar-refractivity contribution is 0.888. The number of hydrogen-bond acceptors (Lipinski definition) is 7. The van der Waals surface area contributed by atoms with Crippen molar-refractivity contribution in [3.63, 3.8) is 0 Å². The number of rotatable bonds is 2. The van der Waals surface area contributed by atoms with E-state index in [0.717, 1.165) is 0 Å². The molecule has 0 atom stereocenters. The quantitative estimate of drug-likeness (QED) is 0.440. The fraction of sp³-hybridized carbons (Fsp3) is 0.500. The molecular formula is C6H13N7. The Morgan fingerprint density at radius 3 is 2.00 bits per heavy atom. The molecule has 72 valence electrons. The minimum atomic E-state index is 0.158. The van der Waals surface area contributed by atoms with Gasteiger partial charge in [0, 0.05) is 21.1 Å². The van der Waals surface area contributed by atoms with E-state index in [1.807, 2.05) is 14.1 Å². The summed E-state index contributed by atoms with van der Waals surface area (Å²) in [6.45, 7) is 0.